The number of benzene rings is 3. The maximum atomic E-state index is 13.3. The highest BCUT2D eigenvalue weighted by atomic mass is 32.2. The minimum atomic E-state index is -0.513. The number of hydrogen-bond acceptors (Lipinski definition) is 5. The van der Waals surface area contributed by atoms with Crippen LogP contribution in [0.1, 0.15) is 18.9 Å². The van der Waals surface area contributed by atoms with Gasteiger partial charge in [0.2, 0.25) is 11.8 Å². The van der Waals surface area contributed by atoms with Crippen molar-refractivity contribution in [3.05, 3.63) is 90.5 Å². The summed E-state index contributed by atoms with van der Waals surface area (Å²) in [5.41, 5.74) is 2.60. The zero-order valence-corrected chi connectivity index (χ0v) is 19.8. The first kappa shape index (κ1) is 23.6. The molecule has 2 amide bonds. The van der Waals surface area contributed by atoms with Gasteiger partial charge < -0.3 is 10.1 Å². The fourth-order valence-electron chi connectivity index (χ4n) is 3.61. The Kier molecular flexibility index (Phi) is 7.99. The highest BCUT2D eigenvalue weighted by Gasteiger charge is 2.39. The van der Waals surface area contributed by atoms with Crippen molar-refractivity contribution in [2.24, 2.45) is 4.99 Å². The van der Waals surface area contributed by atoms with Gasteiger partial charge in [0.25, 0.3) is 0 Å². The van der Waals surface area contributed by atoms with E-state index in [9.17, 15) is 9.59 Å². The van der Waals surface area contributed by atoms with Crippen LogP contribution >= 0.6 is 11.8 Å². The van der Waals surface area contributed by atoms with Crippen molar-refractivity contribution in [1.29, 1.82) is 0 Å². The quantitative estimate of drug-likeness (QED) is 0.459. The van der Waals surface area contributed by atoms with Gasteiger partial charge in [-0.3, -0.25) is 14.5 Å². The number of nitrogens with zero attached hydrogens (tertiary/aromatic N) is 2. The van der Waals surface area contributed by atoms with Gasteiger partial charge >= 0.3 is 0 Å². The lowest BCUT2D eigenvalue weighted by Crippen LogP contribution is -2.35. The second kappa shape index (κ2) is 11.5. The summed E-state index contributed by atoms with van der Waals surface area (Å²) < 4.78 is 5.44. The SMILES string of the molecule is CCOc1ccc(NC(=O)C[C@H]2SC(=Nc3ccccc3)N(CCc3ccccc3)C2=O)cc1. The molecule has 0 aromatic heterocycles. The van der Waals surface area contributed by atoms with E-state index in [-0.39, 0.29) is 18.2 Å². The Balaban J connectivity index is 1.45. The molecule has 1 heterocycles. The van der Waals surface area contributed by atoms with Crippen LogP contribution in [0, 0.1) is 0 Å². The topological polar surface area (TPSA) is 71.0 Å². The van der Waals surface area contributed by atoms with Crippen LogP contribution in [0.5, 0.6) is 5.75 Å². The van der Waals surface area contributed by atoms with Gasteiger partial charge in [0.15, 0.2) is 5.17 Å². The number of rotatable bonds is 9. The van der Waals surface area contributed by atoms with Crippen LogP contribution in [0.3, 0.4) is 0 Å². The molecule has 3 aromatic rings. The average Bonchev–Trinajstić information content (AvgIpc) is 3.14. The molecule has 6 nitrogen and oxygen atoms in total. The summed E-state index contributed by atoms with van der Waals surface area (Å²) in [5, 5.41) is 3.00. The molecule has 0 radical (unpaired) electrons. The highest BCUT2D eigenvalue weighted by molar-refractivity contribution is 8.15. The van der Waals surface area contributed by atoms with Crippen LogP contribution in [0.25, 0.3) is 0 Å². The standard InChI is InChI=1S/C27H27N3O3S/c1-2-33-23-15-13-22(14-16-23)28-25(31)19-24-26(32)30(18-17-20-9-5-3-6-10-20)27(34-24)29-21-11-7-4-8-12-21/h3-16,24H,2,17-19H2,1H3,(H,28,31)/t24-/m1/s1. The lowest BCUT2D eigenvalue weighted by Gasteiger charge is -2.16. The smallest absolute Gasteiger partial charge is 0.242 e. The van der Waals surface area contributed by atoms with Crippen LogP contribution in [-0.2, 0) is 16.0 Å². The van der Waals surface area contributed by atoms with Gasteiger partial charge in [-0.05, 0) is 55.3 Å². The molecule has 3 aromatic carbocycles. The van der Waals surface area contributed by atoms with Crippen molar-refractivity contribution in [3.63, 3.8) is 0 Å². The molecule has 0 unspecified atom stereocenters. The molecule has 1 saturated heterocycles. The van der Waals surface area contributed by atoms with Crippen molar-refractivity contribution < 1.29 is 14.3 Å². The van der Waals surface area contributed by atoms with Gasteiger partial charge in [-0.15, -0.1) is 0 Å². The average molecular weight is 474 g/mol. The van der Waals surface area contributed by atoms with Crippen LogP contribution in [-0.4, -0.2) is 40.3 Å². The van der Waals surface area contributed by atoms with Gasteiger partial charge in [0.05, 0.1) is 12.3 Å². The first-order chi connectivity index (χ1) is 16.6. The number of nitrogens with one attached hydrogen (secondary N) is 1. The number of ether oxygens (including phenoxy) is 1. The number of carbonyl (C=O) groups excluding carboxylic acids is 2. The zero-order chi connectivity index (χ0) is 23.8. The second-order valence-electron chi connectivity index (χ2n) is 7.77. The predicted octanol–water partition coefficient (Wildman–Crippen LogP) is 5.29. The Hall–Kier alpha value is -3.58. The van der Waals surface area contributed by atoms with E-state index >= 15 is 0 Å². The van der Waals surface area contributed by atoms with Crippen LogP contribution in [0.4, 0.5) is 11.4 Å². The van der Waals surface area contributed by atoms with E-state index in [1.807, 2.05) is 79.7 Å². The molecule has 7 heteroatoms. The maximum absolute atomic E-state index is 13.3. The van der Waals surface area contributed by atoms with E-state index in [1.165, 1.54) is 11.8 Å². The van der Waals surface area contributed by atoms with E-state index in [0.717, 1.165) is 17.0 Å². The normalized spacial score (nSPS) is 16.6. The third-order valence-electron chi connectivity index (χ3n) is 5.29. The Bertz CT molecular complexity index is 1130. The summed E-state index contributed by atoms with van der Waals surface area (Å²) >= 11 is 1.35. The number of amides is 2. The number of carbonyl (C=O) groups is 2. The lowest BCUT2D eigenvalue weighted by molar-refractivity contribution is -0.128. The van der Waals surface area contributed by atoms with Crippen LogP contribution in [0.15, 0.2) is 89.9 Å². The summed E-state index contributed by atoms with van der Waals surface area (Å²) in [6, 6.07) is 26.8. The number of aliphatic imine (C=N–C) groups is 1. The van der Waals surface area contributed by atoms with E-state index in [2.05, 4.69) is 5.32 Å². The summed E-state index contributed by atoms with van der Waals surface area (Å²) in [6.07, 6.45) is 0.790. The Morgan fingerprint density at radius 2 is 1.68 bits per heavy atom. The van der Waals surface area contributed by atoms with E-state index < -0.39 is 5.25 Å². The molecule has 174 valence electrons. The van der Waals surface area contributed by atoms with Gasteiger partial charge in [0, 0.05) is 18.7 Å². The monoisotopic (exact) mass is 473 g/mol. The maximum Gasteiger partial charge on any atom is 0.242 e. The Morgan fingerprint density at radius 3 is 2.35 bits per heavy atom. The van der Waals surface area contributed by atoms with Crippen molar-refractivity contribution in [2.75, 3.05) is 18.5 Å². The molecular weight excluding hydrogens is 446 g/mol. The highest BCUT2D eigenvalue weighted by Crippen LogP contribution is 2.32. The van der Waals surface area contributed by atoms with Crippen molar-refractivity contribution >= 4 is 40.1 Å². The number of amidine groups is 1. The van der Waals surface area contributed by atoms with E-state index in [4.69, 9.17) is 9.73 Å². The summed E-state index contributed by atoms with van der Waals surface area (Å²) in [5.74, 6) is 0.453. The third-order valence-corrected chi connectivity index (χ3v) is 6.46. The summed E-state index contributed by atoms with van der Waals surface area (Å²) in [4.78, 5) is 32.4. The number of para-hydroxylation sites is 1. The minimum Gasteiger partial charge on any atom is -0.494 e. The van der Waals surface area contributed by atoms with E-state index in [1.54, 1.807) is 17.0 Å². The van der Waals surface area contributed by atoms with Gasteiger partial charge in [-0.2, -0.15) is 0 Å². The molecule has 1 aliphatic heterocycles. The molecule has 1 aliphatic rings. The van der Waals surface area contributed by atoms with Gasteiger partial charge in [-0.25, -0.2) is 4.99 Å². The predicted molar refractivity (Wildman–Crippen MR) is 138 cm³/mol. The van der Waals surface area contributed by atoms with Crippen LogP contribution in [0.2, 0.25) is 0 Å². The zero-order valence-electron chi connectivity index (χ0n) is 19.0. The summed E-state index contributed by atoms with van der Waals surface area (Å²) in [6.45, 7) is 3.02. The number of hydrogen-bond donors (Lipinski definition) is 1. The number of anilines is 1. The fourth-order valence-corrected chi connectivity index (χ4v) is 4.79. The Labute approximate surface area is 204 Å². The van der Waals surface area contributed by atoms with Gasteiger partial charge in [0.1, 0.15) is 11.0 Å². The lowest BCUT2D eigenvalue weighted by atomic mass is 10.1. The molecule has 0 saturated carbocycles. The molecule has 1 fully saturated rings. The summed E-state index contributed by atoms with van der Waals surface area (Å²) in [7, 11) is 0. The first-order valence-electron chi connectivity index (χ1n) is 11.3. The first-order valence-corrected chi connectivity index (χ1v) is 12.2. The minimum absolute atomic E-state index is 0.0758. The molecule has 34 heavy (non-hydrogen) atoms. The molecular formula is C27H27N3O3S. The van der Waals surface area contributed by atoms with Crippen molar-refractivity contribution in [1.82, 2.24) is 4.90 Å². The Morgan fingerprint density at radius 1 is 1.00 bits per heavy atom. The third kappa shape index (κ3) is 6.26. The van der Waals surface area contributed by atoms with E-state index in [0.29, 0.717) is 30.4 Å². The molecule has 1 N–H and O–H groups in total. The molecule has 0 bridgehead atoms. The van der Waals surface area contributed by atoms with Gasteiger partial charge in [-0.1, -0.05) is 60.3 Å². The molecule has 1 atom stereocenters. The van der Waals surface area contributed by atoms with Crippen molar-refractivity contribution in [2.45, 2.75) is 25.0 Å². The van der Waals surface area contributed by atoms with Crippen molar-refractivity contribution in [3.8, 4) is 5.75 Å². The number of thioether (sulfide) groups is 1. The molecule has 0 aliphatic carbocycles. The molecule has 0 spiro atoms. The second-order valence-corrected chi connectivity index (χ2v) is 8.94. The largest absolute Gasteiger partial charge is 0.494 e. The fraction of sp³-hybridized carbons (Fsp3) is 0.222. The van der Waals surface area contributed by atoms with Crippen LogP contribution < -0.4 is 10.1 Å². The molecule has 4 rings (SSSR count).